The second-order valence-electron chi connectivity index (χ2n) is 5.37. The molecule has 1 aromatic heterocycles. The van der Waals surface area contributed by atoms with Gasteiger partial charge >= 0.3 is 5.97 Å². The van der Waals surface area contributed by atoms with Crippen molar-refractivity contribution in [2.24, 2.45) is 5.92 Å². The van der Waals surface area contributed by atoms with Crippen molar-refractivity contribution in [2.45, 2.75) is 19.8 Å². The minimum Gasteiger partial charge on any atom is -0.481 e. The van der Waals surface area contributed by atoms with Gasteiger partial charge in [-0.05, 0) is 38.0 Å². The van der Waals surface area contributed by atoms with Crippen molar-refractivity contribution in [3.05, 3.63) is 29.7 Å². The largest absolute Gasteiger partial charge is 0.481 e. The van der Waals surface area contributed by atoms with Crippen LogP contribution in [0, 0.1) is 18.7 Å². The number of aliphatic carboxylic acids is 1. The molecule has 1 aliphatic heterocycles. The van der Waals surface area contributed by atoms with Gasteiger partial charge in [-0.15, -0.1) is 0 Å². The van der Waals surface area contributed by atoms with Crippen molar-refractivity contribution < 1.29 is 14.3 Å². The third-order valence-corrected chi connectivity index (χ3v) is 3.96. The van der Waals surface area contributed by atoms with Gasteiger partial charge in [0.05, 0.1) is 17.1 Å². The fraction of sp³-hybridized carbons (Fsp3) is 0.400. The summed E-state index contributed by atoms with van der Waals surface area (Å²) in [7, 11) is 0. The van der Waals surface area contributed by atoms with Crippen LogP contribution in [0.3, 0.4) is 0 Å². The quantitative estimate of drug-likeness (QED) is 0.919. The van der Waals surface area contributed by atoms with E-state index in [1.165, 1.54) is 12.1 Å². The van der Waals surface area contributed by atoms with Crippen LogP contribution in [-0.4, -0.2) is 34.1 Å². The Hall–Kier alpha value is -2.24. The van der Waals surface area contributed by atoms with Crippen LogP contribution in [0.1, 0.15) is 18.5 Å². The van der Waals surface area contributed by atoms with Crippen LogP contribution < -0.4 is 4.90 Å². The number of aryl methyl sites for hydroxylation is 1. The van der Waals surface area contributed by atoms with Crippen molar-refractivity contribution >= 4 is 22.8 Å². The highest BCUT2D eigenvalue weighted by atomic mass is 19.1. The smallest absolute Gasteiger partial charge is 0.306 e. The third-order valence-electron chi connectivity index (χ3n) is 3.96. The number of nitrogens with zero attached hydrogens (tertiary/aromatic N) is 3. The van der Waals surface area contributed by atoms with Crippen LogP contribution >= 0.6 is 0 Å². The summed E-state index contributed by atoms with van der Waals surface area (Å²) in [5.41, 5.74) is 1.44. The molecule has 0 atom stereocenters. The molecule has 2 heterocycles. The number of piperidine rings is 1. The molecular formula is C15H16FN3O2. The number of benzene rings is 1. The first-order valence-corrected chi connectivity index (χ1v) is 6.96. The van der Waals surface area contributed by atoms with Crippen molar-refractivity contribution in [1.82, 2.24) is 9.97 Å². The molecule has 2 aromatic rings. The number of aromatic nitrogens is 2. The van der Waals surface area contributed by atoms with Crippen LogP contribution in [0.25, 0.3) is 10.9 Å². The fourth-order valence-corrected chi connectivity index (χ4v) is 2.71. The van der Waals surface area contributed by atoms with Gasteiger partial charge in [0, 0.05) is 18.5 Å². The lowest BCUT2D eigenvalue weighted by Crippen LogP contribution is -2.37. The molecule has 6 heteroatoms. The molecule has 5 nitrogen and oxygen atoms in total. The number of hydrogen-bond donors (Lipinski definition) is 1. The fourth-order valence-electron chi connectivity index (χ4n) is 2.71. The minimum atomic E-state index is -0.735. The number of rotatable bonds is 2. The molecule has 0 radical (unpaired) electrons. The first-order valence-electron chi connectivity index (χ1n) is 6.96. The van der Waals surface area contributed by atoms with Crippen molar-refractivity contribution in [3.8, 4) is 0 Å². The first kappa shape index (κ1) is 13.7. The lowest BCUT2D eigenvalue weighted by atomic mass is 9.97. The average Bonchev–Trinajstić information content (AvgIpc) is 2.48. The Labute approximate surface area is 121 Å². The second kappa shape index (κ2) is 5.27. The predicted molar refractivity (Wildman–Crippen MR) is 76.8 cm³/mol. The van der Waals surface area contributed by atoms with Crippen LogP contribution in [0.15, 0.2) is 18.2 Å². The molecular weight excluding hydrogens is 273 g/mol. The zero-order valence-electron chi connectivity index (χ0n) is 11.7. The summed E-state index contributed by atoms with van der Waals surface area (Å²) in [6.45, 7) is 3.09. The van der Waals surface area contributed by atoms with Gasteiger partial charge in [0.25, 0.3) is 0 Å². The number of fused-ring (bicyclic) bond motifs is 1. The number of hydrogen-bond acceptors (Lipinski definition) is 4. The van der Waals surface area contributed by atoms with Gasteiger partial charge in [0.2, 0.25) is 5.95 Å². The van der Waals surface area contributed by atoms with E-state index in [0.29, 0.717) is 42.8 Å². The second-order valence-corrected chi connectivity index (χ2v) is 5.37. The molecule has 0 unspecified atom stereocenters. The average molecular weight is 289 g/mol. The van der Waals surface area contributed by atoms with Gasteiger partial charge in [0.1, 0.15) is 5.82 Å². The van der Waals surface area contributed by atoms with E-state index in [0.717, 1.165) is 5.69 Å². The van der Waals surface area contributed by atoms with E-state index >= 15 is 0 Å². The molecule has 0 bridgehead atoms. The number of carboxylic acid groups (broad SMARTS) is 1. The summed E-state index contributed by atoms with van der Waals surface area (Å²) in [5.74, 6) is -0.725. The Morgan fingerprint density at radius 3 is 2.71 bits per heavy atom. The Morgan fingerprint density at radius 1 is 1.33 bits per heavy atom. The minimum absolute atomic E-state index is 0.281. The highest BCUT2D eigenvalue weighted by Gasteiger charge is 2.26. The summed E-state index contributed by atoms with van der Waals surface area (Å²) in [6.07, 6.45) is 1.19. The number of halogens is 1. The van der Waals surface area contributed by atoms with E-state index in [-0.39, 0.29) is 11.7 Å². The lowest BCUT2D eigenvalue weighted by Gasteiger charge is -2.30. The van der Waals surface area contributed by atoms with E-state index < -0.39 is 5.97 Å². The van der Waals surface area contributed by atoms with Crippen LogP contribution in [-0.2, 0) is 4.79 Å². The van der Waals surface area contributed by atoms with Gasteiger partial charge in [0.15, 0.2) is 0 Å². The summed E-state index contributed by atoms with van der Waals surface area (Å²) < 4.78 is 13.3. The molecule has 3 rings (SSSR count). The molecule has 1 aliphatic rings. The maximum atomic E-state index is 13.3. The zero-order chi connectivity index (χ0) is 15.0. The van der Waals surface area contributed by atoms with Crippen LogP contribution in [0.2, 0.25) is 0 Å². The summed E-state index contributed by atoms with van der Waals surface area (Å²) >= 11 is 0. The van der Waals surface area contributed by atoms with Gasteiger partial charge < -0.3 is 10.0 Å². The highest BCUT2D eigenvalue weighted by molar-refractivity contribution is 5.82. The Morgan fingerprint density at radius 2 is 2.05 bits per heavy atom. The third kappa shape index (κ3) is 2.66. The van der Waals surface area contributed by atoms with E-state index in [2.05, 4.69) is 9.97 Å². The van der Waals surface area contributed by atoms with E-state index in [1.54, 1.807) is 6.07 Å². The molecule has 1 fully saturated rings. The highest BCUT2D eigenvalue weighted by Crippen LogP contribution is 2.24. The lowest BCUT2D eigenvalue weighted by molar-refractivity contribution is -0.142. The number of anilines is 1. The topological polar surface area (TPSA) is 66.3 Å². The first-order chi connectivity index (χ1) is 10.0. The van der Waals surface area contributed by atoms with Crippen LogP contribution in [0.4, 0.5) is 10.3 Å². The van der Waals surface area contributed by atoms with E-state index in [1.807, 2.05) is 11.8 Å². The normalized spacial score (nSPS) is 16.4. The summed E-state index contributed by atoms with van der Waals surface area (Å²) in [5, 5.41) is 9.73. The molecule has 21 heavy (non-hydrogen) atoms. The van der Waals surface area contributed by atoms with Gasteiger partial charge in [-0.2, -0.15) is 0 Å². The molecule has 0 amide bonds. The zero-order valence-corrected chi connectivity index (χ0v) is 11.7. The molecule has 1 saturated heterocycles. The van der Waals surface area contributed by atoms with E-state index in [9.17, 15) is 9.18 Å². The summed E-state index contributed by atoms with van der Waals surface area (Å²) in [6, 6.07) is 4.47. The molecule has 0 spiro atoms. The van der Waals surface area contributed by atoms with Gasteiger partial charge in [-0.1, -0.05) is 0 Å². The van der Waals surface area contributed by atoms with Gasteiger partial charge in [-0.3, -0.25) is 4.79 Å². The Bertz CT molecular complexity index is 697. The molecule has 0 aliphatic carbocycles. The van der Waals surface area contributed by atoms with Crippen molar-refractivity contribution in [2.75, 3.05) is 18.0 Å². The Balaban J connectivity index is 1.88. The monoisotopic (exact) mass is 289 g/mol. The predicted octanol–water partition coefficient (Wildman–Crippen LogP) is 2.38. The number of carbonyl (C=O) groups is 1. The molecule has 1 N–H and O–H groups in total. The van der Waals surface area contributed by atoms with Gasteiger partial charge in [-0.25, -0.2) is 14.4 Å². The molecule has 0 saturated carbocycles. The van der Waals surface area contributed by atoms with E-state index in [4.69, 9.17) is 5.11 Å². The van der Waals surface area contributed by atoms with Crippen molar-refractivity contribution in [3.63, 3.8) is 0 Å². The van der Waals surface area contributed by atoms with Crippen molar-refractivity contribution in [1.29, 1.82) is 0 Å². The SMILES string of the molecule is Cc1nc(N2CCC(C(=O)O)CC2)nc2ccc(F)cc12. The maximum absolute atomic E-state index is 13.3. The number of carboxylic acids is 1. The standard InChI is InChI=1S/C15H16FN3O2/c1-9-12-8-11(16)2-3-13(12)18-15(17-9)19-6-4-10(5-7-19)14(20)21/h2-3,8,10H,4-7H2,1H3,(H,20,21). The Kier molecular flexibility index (Phi) is 3.45. The molecule has 110 valence electrons. The van der Waals surface area contributed by atoms with Crippen LogP contribution in [0.5, 0.6) is 0 Å². The molecule has 1 aromatic carbocycles. The summed E-state index contributed by atoms with van der Waals surface area (Å²) in [4.78, 5) is 21.9. The maximum Gasteiger partial charge on any atom is 0.306 e.